The van der Waals surface area contributed by atoms with Gasteiger partial charge in [0.15, 0.2) is 12.4 Å². The van der Waals surface area contributed by atoms with Crippen LogP contribution >= 0.6 is 0 Å². The first-order chi connectivity index (χ1) is 17.1. The number of halogens is 1. The first-order valence-corrected chi connectivity index (χ1v) is 10.8. The number of ether oxygens (including phenoxy) is 1. The van der Waals surface area contributed by atoms with Gasteiger partial charge in [-0.25, -0.2) is 14.2 Å². The van der Waals surface area contributed by atoms with E-state index in [1.165, 1.54) is 23.2 Å². The molecule has 0 saturated heterocycles. The fourth-order valence-electron chi connectivity index (χ4n) is 3.48. The van der Waals surface area contributed by atoms with E-state index in [1.54, 1.807) is 60.7 Å². The van der Waals surface area contributed by atoms with Crippen molar-refractivity contribution in [2.45, 2.75) is 6.42 Å². The molecule has 0 bridgehead atoms. The number of hydrogen-bond acceptors (Lipinski definition) is 6. The second-order valence-corrected chi connectivity index (χ2v) is 7.42. The van der Waals surface area contributed by atoms with Gasteiger partial charge in [0.05, 0.1) is 35.4 Å². The first-order valence-electron chi connectivity index (χ1n) is 10.8. The van der Waals surface area contributed by atoms with Gasteiger partial charge >= 0.3 is 5.97 Å². The molecule has 1 amide bonds. The molecule has 8 heteroatoms. The topological polar surface area (TPSA) is 96.4 Å². The van der Waals surface area contributed by atoms with Gasteiger partial charge in [0.25, 0.3) is 5.91 Å². The number of para-hydroxylation sites is 1. The number of oxazole rings is 1. The lowest BCUT2D eigenvalue weighted by Gasteiger charge is -2.21. The molecular weight excluding hydrogens is 449 g/mol. The minimum Gasteiger partial charge on any atom is -0.452 e. The normalized spacial score (nSPS) is 10.4. The lowest BCUT2D eigenvalue weighted by atomic mass is 10.1. The molecule has 0 radical (unpaired) electrons. The van der Waals surface area contributed by atoms with Gasteiger partial charge < -0.3 is 14.1 Å². The summed E-state index contributed by atoms with van der Waals surface area (Å²) in [5.41, 5.74) is 1.34. The van der Waals surface area contributed by atoms with Gasteiger partial charge in [-0.3, -0.25) is 4.79 Å². The lowest BCUT2D eigenvalue weighted by molar-refractivity contribution is -0.121. The van der Waals surface area contributed by atoms with Crippen molar-refractivity contribution in [1.29, 1.82) is 5.26 Å². The molecule has 4 rings (SSSR count). The number of carbonyl (C=O) groups is 2. The van der Waals surface area contributed by atoms with Crippen molar-refractivity contribution in [2.75, 3.05) is 18.1 Å². The number of benzene rings is 3. The van der Waals surface area contributed by atoms with Crippen LogP contribution < -0.4 is 4.90 Å². The molecule has 0 aliphatic carbocycles. The van der Waals surface area contributed by atoms with Gasteiger partial charge in [0.1, 0.15) is 5.82 Å². The van der Waals surface area contributed by atoms with Crippen molar-refractivity contribution in [3.05, 3.63) is 96.4 Å². The van der Waals surface area contributed by atoms with E-state index < -0.39 is 24.3 Å². The van der Waals surface area contributed by atoms with Gasteiger partial charge in [0, 0.05) is 12.2 Å². The second kappa shape index (κ2) is 10.9. The number of carbonyl (C=O) groups excluding carboxylic acids is 2. The Hall–Kier alpha value is -4.77. The maximum Gasteiger partial charge on any atom is 0.339 e. The summed E-state index contributed by atoms with van der Waals surface area (Å²) in [6.45, 7) is -0.345. The van der Waals surface area contributed by atoms with E-state index in [2.05, 4.69) is 4.98 Å². The SMILES string of the molecule is N#CCCN(C(=O)COC(=O)c1ccccc1-c1ncc(-c2ccccc2F)o1)c1ccccc1. The predicted molar refractivity (Wildman–Crippen MR) is 127 cm³/mol. The summed E-state index contributed by atoms with van der Waals surface area (Å²) < 4.78 is 25.2. The fraction of sp³-hybridized carbons (Fsp3) is 0.111. The quantitative estimate of drug-likeness (QED) is 0.327. The number of nitriles is 1. The van der Waals surface area contributed by atoms with Crippen LogP contribution in [0.25, 0.3) is 22.8 Å². The molecule has 0 aliphatic heterocycles. The zero-order valence-corrected chi connectivity index (χ0v) is 18.6. The monoisotopic (exact) mass is 469 g/mol. The van der Waals surface area contributed by atoms with Gasteiger partial charge in [0.2, 0.25) is 5.89 Å². The van der Waals surface area contributed by atoms with Crippen LogP contribution in [0.15, 0.2) is 89.5 Å². The predicted octanol–water partition coefficient (Wildman–Crippen LogP) is 5.25. The standard InChI is InChI=1S/C27H20FN3O4/c28-23-14-7-6-13-22(23)24-17-30-26(35-24)20-11-4-5-12-21(20)27(33)34-18-25(32)31(16-8-15-29)19-9-2-1-3-10-19/h1-7,9-14,17H,8,16,18H2. The summed E-state index contributed by atoms with van der Waals surface area (Å²) in [7, 11) is 0. The van der Waals surface area contributed by atoms with E-state index in [9.17, 15) is 14.0 Å². The molecular formula is C27H20FN3O4. The average Bonchev–Trinajstić information content (AvgIpc) is 3.38. The van der Waals surface area contributed by atoms with Gasteiger partial charge in [-0.15, -0.1) is 0 Å². The molecule has 7 nitrogen and oxygen atoms in total. The van der Waals surface area contributed by atoms with E-state index in [0.717, 1.165) is 0 Å². The number of anilines is 1. The van der Waals surface area contributed by atoms with E-state index in [0.29, 0.717) is 11.3 Å². The molecule has 174 valence electrons. The second-order valence-electron chi connectivity index (χ2n) is 7.42. The van der Waals surface area contributed by atoms with Crippen LogP contribution in [0, 0.1) is 17.1 Å². The highest BCUT2D eigenvalue weighted by Crippen LogP contribution is 2.29. The molecule has 1 aromatic heterocycles. The minimum atomic E-state index is -0.743. The van der Waals surface area contributed by atoms with Crippen LogP contribution in [0.4, 0.5) is 10.1 Å². The van der Waals surface area contributed by atoms with E-state index in [4.69, 9.17) is 14.4 Å². The zero-order valence-electron chi connectivity index (χ0n) is 18.6. The molecule has 3 aromatic carbocycles. The van der Waals surface area contributed by atoms with Crippen molar-refractivity contribution >= 4 is 17.6 Å². The molecule has 35 heavy (non-hydrogen) atoms. The highest BCUT2D eigenvalue weighted by Gasteiger charge is 2.22. The van der Waals surface area contributed by atoms with Crippen LogP contribution in [-0.2, 0) is 9.53 Å². The Morgan fingerprint density at radius 2 is 1.66 bits per heavy atom. The van der Waals surface area contributed by atoms with Crippen LogP contribution in [0.3, 0.4) is 0 Å². The minimum absolute atomic E-state index is 0.113. The van der Waals surface area contributed by atoms with Crippen LogP contribution in [-0.4, -0.2) is 30.0 Å². The first kappa shape index (κ1) is 23.4. The third kappa shape index (κ3) is 5.42. The fourth-order valence-corrected chi connectivity index (χ4v) is 3.48. The van der Waals surface area contributed by atoms with Gasteiger partial charge in [-0.05, 0) is 36.4 Å². The Kier molecular flexibility index (Phi) is 7.28. The summed E-state index contributed by atoms with van der Waals surface area (Å²) >= 11 is 0. The Balaban J connectivity index is 1.51. The van der Waals surface area contributed by atoms with Crippen LogP contribution in [0.2, 0.25) is 0 Å². The molecule has 0 spiro atoms. The molecule has 1 heterocycles. The maximum absolute atomic E-state index is 14.1. The smallest absolute Gasteiger partial charge is 0.339 e. The molecule has 0 atom stereocenters. The number of hydrogen-bond donors (Lipinski definition) is 0. The average molecular weight is 469 g/mol. The highest BCUT2D eigenvalue weighted by molar-refractivity contribution is 5.99. The van der Waals surface area contributed by atoms with E-state index >= 15 is 0 Å². The number of amides is 1. The van der Waals surface area contributed by atoms with E-state index in [1.807, 2.05) is 12.1 Å². The number of rotatable bonds is 8. The number of aromatic nitrogens is 1. The summed E-state index contributed by atoms with van der Waals surface area (Å²) in [5.74, 6) is -1.33. The van der Waals surface area contributed by atoms with Crippen molar-refractivity contribution < 1.29 is 23.1 Å². The molecule has 0 unspecified atom stereocenters. The zero-order chi connectivity index (χ0) is 24.6. The van der Waals surface area contributed by atoms with Gasteiger partial charge in [-0.2, -0.15) is 5.26 Å². The Bertz CT molecular complexity index is 1380. The number of nitrogens with zero attached hydrogens (tertiary/aromatic N) is 3. The van der Waals surface area contributed by atoms with Crippen molar-refractivity contribution in [1.82, 2.24) is 4.98 Å². The van der Waals surface area contributed by atoms with Crippen LogP contribution in [0.1, 0.15) is 16.8 Å². The largest absolute Gasteiger partial charge is 0.452 e. The van der Waals surface area contributed by atoms with Crippen molar-refractivity contribution in [3.8, 4) is 28.8 Å². The van der Waals surface area contributed by atoms with Crippen molar-refractivity contribution in [2.24, 2.45) is 0 Å². The molecule has 0 aliphatic rings. The lowest BCUT2D eigenvalue weighted by Crippen LogP contribution is -2.35. The summed E-state index contributed by atoms with van der Waals surface area (Å²) in [6.07, 6.45) is 1.51. The third-order valence-corrected chi connectivity index (χ3v) is 5.17. The maximum atomic E-state index is 14.1. The molecule has 0 N–H and O–H groups in total. The third-order valence-electron chi connectivity index (χ3n) is 5.17. The van der Waals surface area contributed by atoms with Gasteiger partial charge in [-0.1, -0.05) is 42.5 Å². The summed E-state index contributed by atoms with van der Waals surface area (Å²) in [4.78, 5) is 31.3. The number of esters is 1. The summed E-state index contributed by atoms with van der Waals surface area (Å²) in [6, 6.07) is 23.5. The molecule has 0 saturated carbocycles. The Morgan fingerprint density at radius 3 is 2.40 bits per heavy atom. The molecule has 0 fully saturated rings. The Morgan fingerprint density at radius 1 is 0.971 bits per heavy atom. The highest BCUT2D eigenvalue weighted by atomic mass is 19.1. The van der Waals surface area contributed by atoms with E-state index in [-0.39, 0.29) is 35.7 Å². The van der Waals surface area contributed by atoms with Crippen LogP contribution in [0.5, 0.6) is 0 Å². The van der Waals surface area contributed by atoms with Crippen molar-refractivity contribution in [3.63, 3.8) is 0 Å². The molecule has 4 aromatic rings. The summed E-state index contributed by atoms with van der Waals surface area (Å²) in [5, 5.41) is 8.93. The Labute approximate surface area is 201 Å².